The molecule has 0 bridgehead atoms. The van der Waals surface area contributed by atoms with E-state index in [9.17, 15) is 9.59 Å². The van der Waals surface area contributed by atoms with Crippen LogP contribution < -0.4 is 5.32 Å². The number of aromatic nitrogens is 2. The lowest BCUT2D eigenvalue weighted by Gasteiger charge is -2.08. The second-order valence-corrected chi connectivity index (χ2v) is 7.59. The van der Waals surface area contributed by atoms with Gasteiger partial charge in [0.15, 0.2) is 0 Å². The van der Waals surface area contributed by atoms with Crippen molar-refractivity contribution in [1.82, 2.24) is 9.78 Å². The van der Waals surface area contributed by atoms with Crippen LogP contribution in [0.1, 0.15) is 32.9 Å². The van der Waals surface area contributed by atoms with Crippen molar-refractivity contribution in [1.29, 1.82) is 0 Å². The van der Waals surface area contributed by atoms with Gasteiger partial charge >= 0.3 is 5.97 Å². The van der Waals surface area contributed by atoms with Gasteiger partial charge in [0.1, 0.15) is 6.54 Å². The quantitative estimate of drug-likeness (QED) is 0.485. The van der Waals surface area contributed by atoms with Crippen molar-refractivity contribution in [2.24, 2.45) is 0 Å². The van der Waals surface area contributed by atoms with Crippen LogP contribution in [0.2, 0.25) is 0 Å². The number of nitrogens with one attached hydrogen (secondary N) is 1. The first-order chi connectivity index (χ1) is 14.9. The minimum absolute atomic E-state index is 0.146. The number of nitrogens with zero attached hydrogens (tertiary/aromatic N) is 2. The zero-order valence-electron chi connectivity index (χ0n) is 17.4. The summed E-state index contributed by atoms with van der Waals surface area (Å²) in [5, 5.41) is 18.4. The Morgan fingerprint density at radius 3 is 2.39 bits per heavy atom. The van der Waals surface area contributed by atoms with Crippen LogP contribution in [0.25, 0.3) is 10.8 Å². The Morgan fingerprint density at radius 2 is 1.68 bits per heavy atom. The second kappa shape index (κ2) is 8.44. The van der Waals surface area contributed by atoms with E-state index in [-0.39, 0.29) is 12.5 Å². The van der Waals surface area contributed by atoms with Crippen LogP contribution in [0.3, 0.4) is 0 Å². The summed E-state index contributed by atoms with van der Waals surface area (Å²) >= 11 is 0. The largest absolute Gasteiger partial charge is 0.480 e. The maximum absolute atomic E-state index is 12.6. The van der Waals surface area contributed by atoms with Gasteiger partial charge in [-0.15, -0.1) is 0 Å². The van der Waals surface area contributed by atoms with Crippen molar-refractivity contribution in [3.8, 4) is 0 Å². The molecule has 0 fully saturated rings. The summed E-state index contributed by atoms with van der Waals surface area (Å²) in [5.74, 6) is -1.07. The fourth-order valence-electron chi connectivity index (χ4n) is 3.72. The van der Waals surface area contributed by atoms with Gasteiger partial charge in [0.2, 0.25) is 0 Å². The Morgan fingerprint density at radius 1 is 0.968 bits per heavy atom. The third-order valence-electron chi connectivity index (χ3n) is 5.42. The van der Waals surface area contributed by atoms with Gasteiger partial charge in [0.05, 0.1) is 5.69 Å². The Hall–Kier alpha value is -3.93. The van der Waals surface area contributed by atoms with E-state index in [0.29, 0.717) is 12.0 Å². The molecule has 156 valence electrons. The lowest BCUT2D eigenvalue weighted by Crippen LogP contribution is -2.12. The number of fused-ring (bicyclic) bond motifs is 1. The number of carboxylic acids is 1. The average molecular weight is 413 g/mol. The van der Waals surface area contributed by atoms with E-state index in [4.69, 9.17) is 5.11 Å². The molecule has 6 nitrogen and oxygen atoms in total. The first kappa shape index (κ1) is 20.3. The van der Waals surface area contributed by atoms with Crippen LogP contribution in [0.4, 0.5) is 5.69 Å². The van der Waals surface area contributed by atoms with Crippen molar-refractivity contribution in [3.63, 3.8) is 0 Å². The van der Waals surface area contributed by atoms with Gasteiger partial charge < -0.3 is 10.4 Å². The van der Waals surface area contributed by atoms with Crippen LogP contribution in [-0.4, -0.2) is 26.8 Å². The van der Waals surface area contributed by atoms with Gasteiger partial charge in [-0.1, -0.05) is 42.5 Å². The fourth-order valence-corrected chi connectivity index (χ4v) is 3.72. The number of hydrogen-bond acceptors (Lipinski definition) is 3. The number of carbonyl (C=O) groups is 2. The number of anilines is 1. The maximum atomic E-state index is 12.6. The lowest BCUT2D eigenvalue weighted by atomic mass is 10.0. The van der Waals surface area contributed by atoms with Crippen LogP contribution in [0.15, 0.2) is 66.7 Å². The normalized spacial score (nSPS) is 10.9. The highest BCUT2D eigenvalue weighted by molar-refractivity contribution is 6.06. The van der Waals surface area contributed by atoms with Gasteiger partial charge in [-0.25, -0.2) is 0 Å². The van der Waals surface area contributed by atoms with Crippen LogP contribution in [0.5, 0.6) is 0 Å². The van der Waals surface area contributed by atoms with Crippen molar-refractivity contribution in [2.75, 3.05) is 5.32 Å². The third kappa shape index (κ3) is 4.48. The molecule has 0 unspecified atom stereocenters. The van der Waals surface area contributed by atoms with Gasteiger partial charge in [-0.2, -0.15) is 5.10 Å². The van der Waals surface area contributed by atoms with E-state index in [1.165, 1.54) is 4.68 Å². The van der Waals surface area contributed by atoms with E-state index >= 15 is 0 Å². The Labute approximate surface area is 180 Å². The fraction of sp³-hybridized carbons (Fsp3) is 0.160. The van der Waals surface area contributed by atoms with E-state index in [0.717, 1.165) is 39.0 Å². The summed E-state index contributed by atoms with van der Waals surface area (Å²) < 4.78 is 1.52. The van der Waals surface area contributed by atoms with Crippen LogP contribution in [-0.2, 0) is 17.8 Å². The number of benzene rings is 3. The van der Waals surface area contributed by atoms with Crippen LogP contribution in [0, 0.1) is 13.8 Å². The number of amides is 1. The highest BCUT2D eigenvalue weighted by Gasteiger charge is 2.14. The maximum Gasteiger partial charge on any atom is 0.325 e. The Kier molecular flexibility index (Phi) is 5.54. The van der Waals surface area contributed by atoms with Gasteiger partial charge in [-0.3, -0.25) is 14.3 Å². The predicted molar refractivity (Wildman–Crippen MR) is 120 cm³/mol. The second-order valence-electron chi connectivity index (χ2n) is 7.59. The van der Waals surface area contributed by atoms with Crippen molar-refractivity contribution >= 4 is 28.3 Å². The molecule has 6 heteroatoms. The van der Waals surface area contributed by atoms with Crippen molar-refractivity contribution in [3.05, 3.63) is 94.8 Å². The molecule has 0 aliphatic heterocycles. The number of hydrogen-bond donors (Lipinski definition) is 2. The number of carbonyl (C=O) groups excluding carboxylic acids is 1. The van der Waals surface area contributed by atoms with E-state index in [2.05, 4.69) is 10.4 Å². The summed E-state index contributed by atoms with van der Waals surface area (Å²) in [4.78, 5) is 23.6. The molecule has 1 amide bonds. The molecule has 0 aliphatic carbocycles. The van der Waals surface area contributed by atoms with E-state index < -0.39 is 5.97 Å². The van der Waals surface area contributed by atoms with Crippen molar-refractivity contribution < 1.29 is 14.7 Å². The molecule has 0 spiro atoms. The molecule has 3 aromatic carbocycles. The van der Waals surface area contributed by atoms with Gasteiger partial charge in [-0.05, 0) is 54.4 Å². The Balaban J connectivity index is 1.46. The zero-order chi connectivity index (χ0) is 22.0. The molecule has 0 saturated heterocycles. The lowest BCUT2D eigenvalue weighted by molar-refractivity contribution is -0.137. The molecular formula is C25H23N3O3. The predicted octanol–water partition coefficient (Wildman–Crippen LogP) is 4.58. The van der Waals surface area contributed by atoms with Crippen LogP contribution >= 0.6 is 0 Å². The first-order valence-corrected chi connectivity index (χ1v) is 10.0. The molecule has 2 N–H and O–H groups in total. The average Bonchev–Trinajstić information content (AvgIpc) is 3.01. The minimum Gasteiger partial charge on any atom is -0.480 e. The molecule has 1 heterocycles. The van der Waals surface area contributed by atoms with E-state index in [1.54, 1.807) is 0 Å². The molecular weight excluding hydrogens is 390 g/mol. The highest BCUT2D eigenvalue weighted by Crippen LogP contribution is 2.21. The molecule has 0 aliphatic rings. The van der Waals surface area contributed by atoms with Gasteiger partial charge in [0, 0.05) is 28.9 Å². The molecule has 1 aromatic heterocycles. The molecule has 0 radical (unpaired) electrons. The third-order valence-corrected chi connectivity index (χ3v) is 5.42. The summed E-state index contributed by atoms with van der Waals surface area (Å²) in [6, 6.07) is 21.3. The van der Waals surface area contributed by atoms with Gasteiger partial charge in [0.25, 0.3) is 5.91 Å². The Bertz CT molecular complexity index is 1270. The highest BCUT2D eigenvalue weighted by atomic mass is 16.4. The van der Waals surface area contributed by atoms with Crippen molar-refractivity contribution in [2.45, 2.75) is 26.8 Å². The number of aryl methyl sites for hydroxylation is 1. The molecule has 0 atom stereocenters. The molecule has 4 aromatic rings. The summed E-state index contributed by atoms with van der Waals surface area (Å²) in [6.45, 7) is 3.63. The zero-order valence-corrected chi connectivity index (χ0v) is 17.4. The SMILES string of the molecule is Cc1nn(CC(=O)O)c(C)c1Cc1ccc(NC(=O)c2ccc3ccccc3c2)cc1. The monoisotopic (exact) mass is 413 g/mol. The number of rotatable bonds is 6. The topological polar surface area (TPSA) is 84.2 Å². The van der Waals surface area contributed by atoms with E-state index in [1.807, 2.05) is 80.6 Å². The molecule has 31 heavy (non-hydrogen) atoms. The first-order valence-electron chi connectivity index (χ1n) is 10.0. The summed E-state index contributed by atoms with van der Waals surface area (Å²) in [5.41, 5.74) is 5.09. The minimum atomic E-state index is -0.913. The molecule has 0 saturated carbocycles. The number of aliphatic carboxylic acids is 1. The molecule has 4 rings (SSSR count). The number of carboxylic acid groups (broad SMARTS) is 1. The summed E-state index contributed by atoms with van der Waals surface area (Å²) in [7, 11) is 0. The standard InChI is InChI=1S/C25H23N3O3/c1-16-23(17(2)28(27-16)15-24(29)30)13-18-7-11-22(12-8-18)26-25(31)21-10-9-19-5-3-4-6-20(19)14-21/h3-12,14H,13,15H2,1-2H3,(H,26,31)(H,29,30). The summed E-state index contributed by atoms with van der Waals surface area (Å²) in [6.07, 6.45) is 0.649. The smallest absolute Gasteiger partial charge is 0.325 e.